The van der Waals surface area contributed by atoms with Gasteiger partial charge in [0.2, 0.25) is 0 Å². The van der Waals surface area contributed by atoms with Gasteiger partial charge in [0.05, 0.1) is 24.3 Å². The third-order valence-electron chi connectivity index (χ3n) is 5.27. The number of benzene rings is 4. The predicted octanol–water partition coefficient (Wildman–Crippen LogP) is 6.19. The maximum absolute atomic E-state index is 11.0. The zero-order valence-electron chi connectivity index (χ0n) is 18.0. The van der Waals surface area contributed by atoms with Crippen molar-refractivity contribution in [1.82, 2.24) is 0 Å². The van der Waals surface area contributed by atoms with Gasteiger partial charge < -0.3 is 14.6 Å². The van der Waals surface area contributed by atoms with Crippen LogP contribution in [0.5, 0.6) is 11.5 Å². The van der Waals surface area contributed by atoms with E-state index < -0.39 is 5.97 Å². The fraction of sp³-hybridized carbons (Fsp3) is 0.0714. The van der Waals surface area contributed by atoms with Gasteiger partial charge >= 0.3 is 5.97 Å². The zero-order valence-corrected chi connectivity index (χ0v) is 18.0. The molecule has 162 valence electrons. The fourth-order valence-corrected chi connectivity index (χ4v) is 3.52. The molecule has 4 rings (SSSR count). The molecule has 4 aromatic carbocycles. The van der Waals surface area contributed by atoms with Crippen molar-refractivity contribution in [2.75, 3.05) is 7.11 Å². The van der Waals surface area contributed by atoms with Gasteiger partial charge in [0.1, 0.15) is 6.61 Å². The highest BCUT2D eigenvalue weighted by molar-refractivity contribution is 5.92. The summed E-state index contributed by atoms with van der Waals surface area (Å²) in [6.07, 6.45) is 1.73. The van der Waals surface area contributed by atoms with E-state index in [-0.39, 0.29) is 5.56 Å². The van der Waals surface area contributed by atoms with Gasteiger partial charge in [-0.2, -0.15) is 5.26 Å². The van der Waals surface area contributed by atoms with Crippen molar-refractivity contribution in [1.29, 1.82) is 5.26 Å². The van der Waals surface area contributed by atoms with E-state index in [1.165, 1.54) is 17.5 Å². The van der Waals surface area contributed by atoms with Crippen LogP contribution in [0.2, 0.25) is 0 Å². The third kappa shape index (κ3) is 5.03. The molecule has 0 heterocycles. The summed E-state index contributed by atoms with van der Waals surface area (Å²) >= 11 is 0. The van der Waals surface area contributed by atoms with E-state index in [0.29, 0.717) is 29.2 Å². The van der Waals surface area contributed by atoms with Crippen molar-refractivity contribution in [3.05, 3.63) is 107 Å². The Hall–Kier alpha value is -4.56. The number of carboxylic acids is 1. The summed E-state index contributed by atoms with van der Waals surface area (Å²) in [7, 11) is 1.57. The lowest BCUT2D eigenvalue weighted by molar-refractivity contribution is 0.0697. The van der Waals surface area contributed by atoms with Crippen LogP contribution in [0, 0.1) is 11.3 Å². The molecule has 0 fully saturated rings. The normalized spacial score (nSPS) is 11.1. The number of hydrogen-bond donors (Lipinski definition) is 1. The Labute approximate surface area is 191 Å². The average molecular weight is 435 g/mol. The van der Waals surface area contributed by atoms with Gasteiger partial charge in [-0.25, -0.2) is 4.79 Å². The minimum atomic E-state index is -1.01. The molecule has 0 aliphatic carbocycles. The van der Waals surface area contributed by atoms with E-state index in [0.717, 1.165) is 16.5 Å². The molecule has 0 radical (unpaired) electrons. The van der Waals surface area contributed by atoms with E-state index in [1.54, 1.807) is 31.4 Å². The molecule has 4 aromatic rings. The summed E-state index contributed by atoms with van der Waals surface area (Å²) in [5.41, 5.74) is 3.04. The molecule has 0 bridgehead atoms. The molecular formula is C28H21NO4. The van der Waals surface area contributed by atoms with Crippen molar-refractivity contribution >= 4 is 28.4 Å². The fourth-order valence-electron chi connectivity index (χ4n) is 3.52. The van der Waals surface area contributed by atoms with Crippen molar-refractivity contribution in [2.45, 2.75) is 6.61 Å². The molecule has 0 saturated carbocycles. The molecule has 0 aromatic heterocycles. The summed E-state index contributed by atoms with van der Waals surface area (Å²) in [6.45, 7) is 0.399. The number of aromatic carboxylic acids is 1. The highest BCUT2D eigenvalue weighted by Crippen LogP contribution is 2.31. The van der Waals surface area contributed by atoms with Crippen LogP contribution in [0.25, 0.3) is 22.4 Å². The number of ether oxygens (including phenoxy) is 2. The van der Waals surface area contributed by atoms with Crippen molar-refractivity contribution in [3.63, 3.8) is 0 Å². The van der Waals surface area contributed by atoms with Crippen LogP contribution >= 0.6 is 0 Å². The van der Waals surface area contributed by atoms with Gasteiger partial charge in [-0.3, -0.25) is 0 Å². The maximum atomic E-state index is 11.0. The smallest absolute Gasteiger partial charge is 0.335 e. The number of nitriles is 1. The number of nitrogens with zero attached hydrogens (tertiary/aromatic N) is 1. The van der Waals surface area contributed by atoms with Crippen LogP contribution in [-0.2, 0) is 6.61 Å². The Balaban J connectivity index is 1.53. The Kier molecular flexibility index (Phi) is 6.38. The molecular weight excluding hydrogens is 414 g/mol. The van der Waals surface area contributed by atoms with E-state index in [9.17, 15) is 10.1 Å². The molecule has 0 spiro atoms. The maximum Gasteiger partial charge on any atom is 0.335 e. The van der Waals surface area contributed by atoms with Crippen LogP contribution in [0.3, 0.4) is 0 Å². The second-order valence-electron chi connectivity index (χ2n) is 7.43. The minimum absolute atomic E-state index is 0.172. The molecule has 33 heavy (non-hydrogen) atoms. The first-order chi connectivity index (χ1) is 16.1. The lowest BCUT2D eigenvalue weighted by Crippen LogP contribution is -1.98. The first-order valence-corrected chi connectivity index (χ1v) is 10.3. The largest absolute Gasteiger partial charge is 0.493 e. The van der Waals surface area contributed by atoms with Gasteiger partial charge in [0.15, 0.2) is 11.5 Å². The lowest BCUT2D eigenvalue weighted by Gasteiger charge is -2.12. The van der Waals surface area contributed by atoms with E-state index >= 15 is 0 Å². The number of carboxylic acid groups (broad SMARTS) is 1. The number of fused-ring (bicyclic) bond motifs is 1. The molecule has 0 amide bonds. The van der Waals surface area contributed by atoms with Crippen LogP contribution in [0.4, 0.5) is 0 Å². The van der Waals surface area contributed by atoms with Gasteiger partial charge in [0.25, 0.3) is 0 Å². The van der Waals surface area contributed by atoms with Gasteiger partial charge in [-0.15, -0.1) is 0 Å². The Bertz CT molecular complexity index is 1380. The molecule has 0 aliphatic rings. The Morgan fingerprint density at radius 1 is 0.909 bits per heavy atom. The monoisotopic (exact) mass is 435 g/mol. The predicted molar refractivity (Wildman–Crippen MR) is 128 cm³/mol. The quantitative estimate of drug-likeness (QED) is 0.277. The van der Waals surface area contributed by atoms with E-state index in [1.807, 2.05) is 30.3 Å². The lowest BCUT2D eigenvalue weighted by atomic mass is 10.0. The number of rotatable bonds is 7. The summed E-state index contributed by atoms with van der Waals surface area (Å²) in [4.78, 5) is 11.0. The van der Waals surface area contributed by atoms with Crippen LogP contribution < -0.4 is 9.47 Å². The van der Waals surface area contributed by atoms with Gasteiger partial charge in [-0.1, -0.05) is 54.6 Å². The molecule has 0 unspecified atom stereocenters. The van der Waals surface area contributed by atoms with Crippen molar-refractivity contribution in [3.8, 4) is 17.6 Å². The zero-order chi connectivity index (χ0) is 23.2. The summed E-state index contributed by atoms with van der Waals surface area (Å²) in [5.74, 6) is 0.156. The summed E-state index contributed by atoms with van der Waals surface area (Å²) in [5, 5.41) is 21.0. The number of methoxy groups -OCH3 is 1. The molecule has 0 aliphatic heterocycles. The standard InChI is InChI=1S/C28H21NO4/c1-32-27-16-19(14-25(17-29)22-9-11-23(12-10-22)28(30)31)7-13-26(27)33-18-20-6-8-21-4-2-3-5-24(21)15-20/h2-16H,18H2,1H3,(H,30,31). The second-order valence-corrected chi connectivity index (χ2v) is 7.43. The summed E-state index contributed by atoms with van der Waals surface area (Å²) in [6, 6.07) is 28.2. The number of carbonyl (C=O) groups is 1. The Morgan fingerprint density at radius 3 is 2.33 bits per heavy atom. The third-order valence-corrected chi connectivity index (χ3v) is 5.27. The van der Waals surface area contributed by atoms with Crippen LogP contribution in [0.1, 0.15) is 27.0 Å². The molecule has 0 saturated heterocycles. The molecule has 5 heteroatoms. The number of hydrogen-bond acceptors (Lipinski definition) is 4. The SMILES string of the molecule is COc1cc(C=C(C#N)c2ccc(C(=O)O)cc2)ccc1OCc1ccc2ccccc2c1. The van der Waals surface area contributed by atoms with Gasteiger partial charge in [-0.05, 0) is 63.9 Å². The van der Waals surface area contributed by atoms with Crippen LogP contribution in [-0.4, -0.2) is 18.2 Å². The van der Waals surface area contributed by atoms with E-state index in [4.69, 9.17) is 14.6 Å². The second kappa shape index (κ2) is 9.71. The number of allylic oxidation sites excluding steroid dienone is 1. The molecule has 5 nitrogen and oxygen atoms in total. The topological polar surface area (TPSA) is 79.5 Å². The van der Waals surface area contributed by atoms with Crippen molar-refractivity contribution in [2.24, 2.45) is 0 Å². The first kappa shape index (κ1) is 21.7. The highest BCUT2D eigenvalue weighted by Gasteiger charge is 2.09. The van der Waals surface area contributed by atoms with E-state index in [2.05, 4.69) is 30.3 Å². The van der Waals surface area contributed by atoms with Crippen LogP contribution in [0.15, 0.2) is 84.9 Å². The first-order valence-electron chi connectivity index (χ1n) is 10.3. The summed E-state index contributed by atoms with van der Waals surface area (Å²) < 4.78 is 11.5. The molecule has 1 N–H and O–H groups in total. The minimum Gasteiger partial charge on any atom is -0.493 e. The Morgan fingerprint density at radius 2 is 1.64 bits per heavy atom. The molecule has 0 atom stereocenters. The average Bonchev–Trinajstić information content (AvgIpc) is 2.86. The highest BCUT2D eigenvalue weighted by atomic mass is 16.5. The van der Waals surface area contributed by atoms with Gasteiger partial charge in [0, 0.05) is 0 Å². The van der Waals surface area contributed by atoms with Crippen molar-refractivity contribution < 1.29 is 19.4 Å².